The molecule has 1 rings (SSSR count). The number of aromatic nitrogens is 3. The molecule has 0 aromatic carbocycles. The molecule has 0 spiro atoms. The van der Waals surface area contributed by atoms with Crippen molar-refractivity contribution < 1.29 is 44.8 Å². The van der Waals surface area contributed by atoms with Crippen LogP contribution in [-0.4, -0.2) is 84.2 Å². The van der Waals surface area contributed by atoms with Crippen LogP contribution in [0.5, 0.6) is 12.0 Å². The molecule has 0 aliphatic carbocycles. The van der Waals surface area contributed by atoms with E-state index in [0.717, 1.165) is 12.0 Å². The molecule has 0 atom stereocenters. The van der Waals surface area contributed by atoms with Gasteiger partial charge in [-0.1, -0.05) is 0 Å². The van der Waals surface area contributed by atoms with E-state index in [-0.39, 0.29) is 56.6 Å². The summed E-state index contributed by atoms with van der Waals surface area (Å²) >= 11 is 0.720. The average Bonchev–Trinajstić information content (AvgIpc) is 2.61. The molecule has 0 saturated heterocycles. The second-order valence-corrected chi connectivity index (χ2v) is 9.00. The summed E-state index contributed by atoms with van der Waals surface area (Å²) in [5, 5.41) is 11.1. The largest absolute Gasteiger partial charge is 0.463 e. The van der Waals surface area contributed by atoms with E-state index in [2.05, 4.69) is 20.3 Å². The Morgan fingerprint density at radius 2 is 1.41 bits per heavy atom. The van der Waals surface area contributed by atoms with Crippen molar-refractivity contribution in [1.82, 2.24) is 25.7 Å². The monoisotopic (exact) mass is 479 g/mol. The van der Waals surface area contributed by atoms with Crippen LogP contribution in [0, 0.1) is 0 Å². The zero-order valence-electron chi connectivity index (χ0n) is 14.9. The van der Waals surface area contributed by atoms with Gasteiger partial charge in [0.15, 0.2) is 0 Å². The molecule has 1 heterocycles. The number of hydroxylamine groups is 1. The van der Waals surface area contributed by atoms with Gasteiger partial charge in [0.25, 0.3) is 20.2 Å². The lowest BCUT2D eigenvalue weighted by Gasteiger charge is -2.09. The number of hydrogen-bond acceptors (Lipinski definition) is 14. The van der Waals surface area contributed by atoms with Crippen LogP contribution in [0.2, 0.25) is 0 Å². The van der Waals surface area contributed by atoms with Crippen LogP contribution >= 0.6 is 12.0 Å². The third kappa shape index (κ3) is 14.3. The molecule has 1 aromatic rings. The van der Waals surface area contributed by atoms with E-state index in [0.29, 0.717) is 0 Å². The SMILES string of the molecule is O=S(=O)(O)CCCOc1nc(OCCCS(=O)(=O)O)nc(SOCNCNO)n1. The smallest absolute Gasteiger partial charge is 0.323 e. The summed E-state index contributed by atoms with van der Waals surface area (Å²) in [4.78, 5) is 11.7. The Kier molecular flexibility index (Phi) is 11.5. The Labute approximate surface area is 171 Å². The van der Waals surface area contributed by atoms with Crippen LogP contribution in [0.3, 0.4) is 0 Å². The number of hydrogen-bond donors (Lipinski definition) is 5. The summed E-state index contributed by atoms with van der Waals surface area (Å²) < 4.78 is 75.7. The Hall–Kier alpha value is -1.38. The van der Waals surface area contributed by atoms with Gasteiger partial charge in [-0.2, -0.15) is 32.3 Å². The molecule has 0 saturated carbocycles. The van der Waals surface area contributed by atoms with Gasteiger partial charge >= 0.3 is 12.0 Å². The number of rotatable bonds is 16. The van der Waals surface area contributed by atoms with Crippen LogP contribution in [0.25, 0.3) is 0 Å². The molecule has 0 unspecified atom stereocenters. The first-order valence-corrected chi connectivity index (χ1v) is 11.8. The Bertz CT molecular complexity index is 764. The molecular formula is C11H21N5O10S3. The number of nitrogens with zero attached hydrogens (tertiary/aromatic N) is 3. The molecule has 0 amide bonds. The molecule has 5 N–H and O–H groups in total. The molecular weight excluding hydrogens is 458 g/mol. The zero-order chi connectivity index (χ0) is 21.8. The van der Waals surface area contributed by atoms with Crippen LogP contribution in [0.4, 0.5) is 0 Å². The van der Waals surface area contributed by atoms with E-state index < -0.39 is 31.7 Å². The summed E-state index contributed by atoms with van der Waals surface area (Å²) in [6.45, 7) is -0.164. The van der Waals surface area contributed by atoms with Gasteiger partial charge in [0.05, 0.1) is 43.4 Å². The van der Waals surface area contributed by atoms with E-state index in [1.807, 2.05) is 5.48 Å². The quantitative estimate of drug-likeness (QED) is 0.0610. The molecule has 0 fully saturated rings. The second kappa shape index (κ2) is 13.0. The average molecular weight is 480 g/mol. The number of nitrogens with one attached hydrogen (secondary N) is 2. The highest BCUT2D eigenvalue weighted by Gasteiger charge is 2.12. The lowest BCUT2D eigenvalue weighted by Crippen LogP contribution is -2.27. The Balaban J connectivity index is 2.66. The molecule has 168 valence electrons. The lowest BCUT2D eigenvalue weighted by molar-refractivity contribution is 0.148. The second-order valence-electron chi connectivity index (χ2n) is 5.09. The van der Waals surface area contributed by atoms with Crippen molar-refractivity contribution in [3.63, 3.8) is 0 Å². The third-order valence-electron chi connectivity index (χ3n) is 2.63. The van der Waals surface area contributed by atoms with Gasteiger partial charge in [-0.15, -0.1) is 4.98 Å². The highest BCUT2D eigenvalue weighted by atomic mass is 32.2. The van der Waals surface area contributed by atoms with Crippen molar-refractivity contribution in [2.45, 2.75) is 18.0 Å². The molecule has 0 bridgehead atoms. The summed E-state index contributed by atoms with van der Waals surface area (Å²) in [5.74, 6) is -1.02. The van der Waals surface area contributed by atoms with Gasteiger partial charge in [-0.25, -0.2) is 0 Å². The summed E-state index contributed by atoms with van der Waals surface area (Å²) in [7, 11) is -8.25. The maximum absolute atomic E-state index is 10.7. The van der Waals surface area contributed by atoms with Gasteiger partial charge in [0.1, 0.15) is 6.73 Å². The maximum atomic E-state index is 10.7. The van der Waals surface area contributed by atoms with E-state index in [1.165, 1.54) is 0 Å². The van der Waals surface area contributed by atoms with Crippen molar-refractivity contribution in [2.75, 3.05) is 38.1 Å². The predicted octanol–water partition coefficient (Wildman–Crippen LogP) is -1.31. The van der Waals surface area contributed by atoms with Crippen molar-refractivity contribution in [1.29, 1.82) is 0 Å². The summed E-state index contributed by atoms with van der Waals surface area (Å²) in [6.07, 6.45) is -0.0434. The molecule has 0 radical (unpaired) electrons. The normalized spacial score (nSPS) is 12.1. The van der Waals surface area contributed by atoms with Crippen molar-refractivity contribution in [2.24, 2.45) is 0 Å². The van der Waals surface area contributed by atoms with Gasteiger partial charge in [0, 0.05) is 0 Å². The first kappa shape index (κ1) is 25.7. The molecule has 18 heteroatoms. The molecule has 15 nitrogen and oxygen atoms in total. The fourth-order valence-corrected chi connectivity index (χ4v) is 2.97. The highest BCUT2D eigenvalue weighted by molar-refractivity contribution is 7.94. The van der Waals surface area contributed by atoms with Crippen molar-refractivity contribution >= 4 is 32.3 Å². The fraction of sp³-hybridized carbons (Fsp3) is 0.727. The van der Waals surface area contributed by atoms with E-state index in [1.54, 1.807) is 0 Å². The van der Waals surface area contributed by atoms with E-state index in [9.17, 15) is 16.8 Å². The third-order valence-corrected chi connectivity index (χ3v) is 4.80. The Morgan fingerprint density at radius 1 is 0.897 bits per heavy atom. The Morgan fingerprint density at radius 3 is 1.86 bits per heavy atom. The zero-order valence-corrected chi connectivity index (χ0v) is 17.4. The summed E-state index contributed by atoms with van der Waals surface area (Å²) in [5.41, 5.74) is 1.86. The minimum atomic E-state index is -4.12. The van der Waals surface area contributed by atoms with E-state index >= 15 is 0 Å². The fourth-order valence-electron chi connectivity index (χ4n) is 1.53. The lowest BCUT2D eigenvalue weighted by atomic mass is 10.5. The van der Waals surface area contributed by atoms with Crippen LogP contribution in [0.1, 0.15) is 12.8 Å². The minimum absolute atomic E-state index is 0.0129. The molecule has 1 aromatic heterocycles. The molecule has 0 aliphatic heterocycles. The molecule has 29 heavy (non-hydrogen) atoms. The maximum Gasteiger partial charge on any atom is 0.323 e. The first-order chi connectivity index (χ1) is 13.6. The topological polar surface area (TPSA) is 219 Å². The standard InChI is InChI=1S/C11H21N5O10S3/c17-13-7-12-8-26-27-11-15-9(24-3-1-5-28(18,19)20)14-10(16-11)25-4-2-6-29(21,22)23/h12-13,17H,1-8H2,(H,18,19,20)(H,21,22,23). The van der Waals surface area contributed by atoms with Gasteiger partial charge in [0.2, 0.25) is 5.16 Å². The highest BCUT2D eigenvalue weighted by Crippen LogP contribution is 2.19. The van der Waals surface area contributed by atoms with Crippen molar-refractivity contribution in [3.8, 4) is 12.0 Å². The van der Waals surface area contributed by atoms with Gasteiger partial charge in [-0.05, 0) is 12.8 Å². The predicted molar refractivity (Wildman–Crippen MR) is 97.6 cm³/mol. The van der Waals surface area contributed by atoms with Crippen molar-refractivity contribution in [3.05, 3.63) is 0 Å². The molecule has 0 aliphatic rings. The van der Waals surface area contributed by atoms with Gasteiger partial charge in [-0.3, -0.25) is 18.6 Å². The van der Waals surface area contributed by atoms with Crippen LogP contribution in [0.15, 0.2) is 5.16 Å². The number of ether oxygens (including phenoxy) is 2. The van der Waals surface area contributed by atoms with Gasteiger partial charge < -0.3 is 14.7 Å². The minimum Gasteiger partial charge on any atom is -0.463 e. The van der Waals surface area contributed by atoms with E-state index in [4.69, 9.17) is 28.0 Å². The first-order valence-electron chi connectivity index (χ1n) is 7.88. The van der Waals surface area contributed by atoms with Crippen LogP contribution < -0.4 is 20.3 Å². The summed E-state index contributed by atoms with van der Waals surface area (Å²) in [6, 6.07) is -0.424. The van der Waals surface area contributed by atoms with Crippen LogP contribution in [-0.2, 0) is 24.4 Å².